The van der Waals surface area contributed by atoms with E-state index >= 15 is 0 Å². The van der Waals surface area contributed by atoms with Gasteiger partial charge in [0.25, 0.3) is 0 Å². The lowest BCUT2D eigenvalue weighted by Crippen LogP contribution is -1.84. The molecule has 71 valence electrons. The van der Waals surface area contributed by atoms with E-state index in [1.807, 2.05) is 12.1 Å². The maximum Gasteiger partial charge on any atom is 0.191 e. The van der Waals surface area contributed by atoms with Crippen molar-refractivity contribution >= 4 is 23.1 Å². The molecule has 3 nitrogen and oxygen atoms in total. The number of benzene rings is 1. The number of hydrogen-bond donors (Lipinski definition) is 0. The summed E-state index contributed by atoms with van der Waals surface area (Å²) in [6, 6.07) is 7.13. The molecule has 0 saturated heterocycles. The van der Waals surface area contributed by atoms with Crippen LogP contribution in [0.2, 0.25) is 0 Å². The van der Waals surface area contributed by atoms with Crippen molar-refractivity contribution in [1.29, 1.82) is 0 Å². The molecule has 14 heavy (non-hydrogen) atoms. The van der Waals surface area contributed by atoms with Crippen molar-refractivity contribution in [2.45, 2.75) is 5.56 Å². The van der Waals surface area contributed by atoms with E-state index in [1.165, 1.54) is 11.5 Å². The summed E-state index contributed by atoms with van der Waals surface area (Å²) in [6.45, 7) is 0. The highest BCUT2D eigenvalue weighted by Crippen LogP contribution is 2.24. The van der Waals surface area contributed by atoms with Gasteiger partial charge in [-0.15, -0.1) is 5.10 Å². The second-order valence-electron chi connectivity index (χ2n) is 2.72. The first-order chi connectivity index (χ1) is 6.77. The molecule has 0 N–H and O–H groups in total. The molecule has 1 aromatic heterocycles. The van der Waals surface area contributed by atoms with Gasteiger partial charge in [-0.05, 0) is 22.7 Å². The summed E-state index contributed by atoms with van der Waals surface area (Å²) in [6.07, 6.45) is 1.69. The number of alkyl halides is 1. The van der Waals surface area contributed by atoms with Gasteiger partial charge in [0.2, 0.25) is 0 Å². The minimum Gasteiger partial charge on any atom is -0.210 e. The van der Waals surface area contributed by atoms with Crippen LogP contribution in [-0.2, 0) is 5.11 Å². The van der Waals surface area contributed by atoms with Gasteiger partial charge in [0, 0.05) is 0 Å². The Morgan fingerprint density at radius 3 is 2.50 bits per heavy atom. The normalized spacial score (nSPS) is 12.7. The Kier molecular flexibility index (Phi) is 2.77. The first-order valence-electron chi connectivity index (χ1n) is 3.95. The van der Waals surface area contributed by atoms with E-state index in [1.54, 1.807) is 18.3 Å². The first kappa shape index (κ1) is 9.58. The maximum atomic E-state index is 10.9. The fourth-order valence-electron chi connectivity index (χ4n) is 1.09. The zero-order chi connectivity index (χ0) is 9.97. The zero-order valence-electron chi connectivity index (χ0n) is 7.05. The largest absolute Gasteiger partial charge is 0.210 e. The number of aromatic nitrogens is 2. The number of hydrogen-bond acceptors (Lipinski definition) is 3. The highest BCUT2D eigenvalue weighted by Gasteiger charge is 2.05. The molecule has 0 aliphatic rings. The first-order valence-corrected chi connectivity index (χ1v) is 5.16. The van der Waals surface area contributed by atoms with Crippen molar-refractivity contribution in [2.24, 2.45) is 0 Å². The van der Waals surface area contributed by atoms with Gasteiger partial charge in [-0.1, -0.05) is 40.4 Å². The zero-order valence-corrected chi connectivity index (χ0v) is 8.63. The summed E-state index contributed by atoms with van der Waals surface area (Å²) >= 11 is 6.72. The Morgan fingerprint density at radius 2 is 2.00 bits per heavy atom. The summed E-state index contributed by atoms with van der Waals surface area (Å²) in [5.74, 6) is 0. The van der Waals surface area contributed by atoms with Crippen LogP contribution in [0.3, 0.4) is 0 Å². The van der Waals surface area contributed by atoms with Crippen LogP contribution in [0.25, 0.3) is 10.4 Å². The average molecular weight is 226 g/mol. The monoisotopic (exact) mass is 225 g/mol. The Balaban J connectivity index is 2.31. The van der Waals surface area contributed by atoms with E-state index < -0.39 is 5.56 Å². The molecule has 0 aliphatic carbocycles. The predicted octanol–water partition coefficient (Wildman–Crippen LogP) is 2.87. The molecular weight excluding hydrogens is 220 g/mol. The SMILES string of the molecule is [O]C(Cl)c1ccc(-c2cnns2)cc1. The van der Waals surface area contributed by atoms with Gasteiger partial charge in [-0.25, -0.2) is 5.11 Å². The highest BCUT2D eigenvalue weighted by atomic mass is 35.5. The maximum absolute atomic E-state index is 10.9. The van der Waals surface area contributed by atoms with E-state index in [4.69, 9.17) is 11.6 Å². The fraction of sp³-hybridized carbons (Fsp3) is 0.111. The molecule has 1 heterocycles. The van der Waals surface area contributed by atoms with Gasteiger partial charge in [-0.3, -0.25) is 0 Å². The molecule has 5 heteroatoms. The smallest absolute Gasteiger partial charge is 0.191 e. The minimum absolute atomic E-state index is 0.577. The number of rotatable bonds is 2. The van der Waals surface area contributed by atoms with E-state index in [2.05, 4.69) is 9.59 Å². The van der Waals surface area contributed by atoms with Crippen molar-refractivity contribution in [2.75, 3.05) is 0 Å². The van der Waals surface area contributed by atoms with Crippen LogP contribution in [0.1, 0.15) is 11.1 Å². The van der Waals surface area contributed by atoms with Gasteiger partial charge >= 0.3 is 0 Å². The standard InChI is InChI=1S/C9H6ClN2OS/c10-9(13)7-3-1-6(2-4-7)8-5-11-12-14-8/h1-5,9H. The summed E-state index contributed by atoms with van der Waals surface area (Å²) in [4.78, 5) is 0.980. The fourth-order valence-corrected chi connectivity index (χ4v) is 1.76. The number of halogens is 1. The Labute approximate surface area is 90.1 Å². The van der Waals surface area contributed by atoms with Gasteiger partial charge in [-0.2, -0.15) is 0 Å². The third kappa shape index (κ3) is 1.92. The Hall–Kier alpha value is -0.970. The topological polar surface area (TPSA) is 45.7 Å². The molecule has 0 fully saturated rings. The van der Waals surface area contributed by atoms with Crippen molar-refractivity contribution in [3.8, 4) is 10.4 Å². The molecule has 0 amide bonds. The van der Waals surface area contributed by atoms with Crippen molar-refractivity contribution < 1.29 is 5.11 Å². The van der Waals surface area contributed by atoms with Crippen molar-refractivity contribution in [3.05, 3.63) is 36.0 Å². The van der Waals surface area contributed by atoms with Crippen molar-refractivity contribution in [1.82, 2.24) is 9.59 Å². The molecule has 0 saturated carbocycles. The Morgan fingerprint density at radius 1 is 1.29 bits per heavy atom. The van der Waals surface area contributed by atoms with E-state index in [9.17, 15) is 5.11 Å². The van der Waals surface area contributed by atoms with Crippen LogP contribution in [0.5, 0.6) is 0 Å². The third-order valence-electron chi connectivity index (χ3n) is 1.82. The molecule has 1 aromatic carbocycles. The second kappa shape index (κ2) is 4.04. The molecule has 1 unspecified atom stereocenters. The second-order valence-corrected chi connectivity index (χ2v) is 3.90. The van der Waals surface area contributed by atoms with Crippen LogP contribution < -0.4 is 0 Å². The van der Waals surface area contributed by atoms with Gasteiger partial charge < -0.3 is 0 Å². The van der Waals surface area contributed by atoms with Crippen molar-refractivity contribution in [3.63, 3.8) is 0 Å². The van der Waals surface area contributed by atoms with Crippen LogP contribution in [0.4, 0.5) is 0 Å². The number of nitrogens with zero attached hydrogens (tertiary/aromatic N) is 2. The molecular formula is C9H6ClN2OS. The van der Waals surface area contributed by atoms with E-state index in [-0.39, 0.29) is 0 Å². The van der Waals surface area contributed by atoms with E-state index in [0.29, 0.717) is 5.56 Å². The van der Waals surface area contributed by atoms with E-state index in [0.717, 1.165) is 10.4 Å². The lowest BCUT2D eigenvalue weighted by molar-refractivity contribution is 0.161. The molecule has 2 aromatic rings. The quantitative estimate of drug-likeness (QED) is 0.738. The van der Waals surface area contributed by atoms with Gasteiger partial charge in [0.1, 0.15) is 0 Å². The van der Waals surface area contributed by atoms with Crippen LogP contribution in [0, 0.1) is 0 Å². The molecule has 0 spiro atoms. The Bertz CT molecular complexity index is 399. The summed E-state index contributed by atoms with van der Waals surface area (Å²) < 4.78 is 3.76. The molecule has 1 radical (unpaired) electrons. The molecule has 0 bridgehead atoms. The lowest BCUT2D eigenvalue weighted by Gasteiger charge is -2.00. The third-order valence-corrected chi connectivity index (χ3v) is 2.78. The molecule has 1 atom stereocenters. The minimum atomic E-state index is -1.19. The molecule has 0 aliphatic heterocycles. The molecule has 2 rings (SSSR count). The highest BCUT2D eigenvalue weighted by molar-refractivity contribution is 7.09. The predicted molar refractivity (Wildman–Crippen MR) is 54.6 cm³/mol. The summed E-state index contributed by atoms with van der Waals surface area (Å²) in [7, 11) is 0. The van der Waals surface area contributed by atoms with Crippen LogP contribution >= 0.6 is 23.1 Å². The van der Waals surface area contributed by atoms with Crippen LogP contribution in [0.15, 0.2) is 30.5 Å². The summed E-state index contributed by atoms with van der Waals surface area (Å²) in [5.41, 5.74) is 0.387. The van der Waals surface area contributed by atoms with Crippen LogP contribution in [-0.4, -0.2) is 9.59 Å². The average Bonchev–Trinajstić information content (AvgIpc) is 2.71. The van der Waals surface area contributed by atoms with Gasteiger partial charge in [0.15, 0.2) is 5.56 Å². The summed E-state index contributed by atoms with van der Waals surface area (Å²) in [5, 5.41) is 14.6. The lowest BCUT2D eigenvalue weighted by atomic mass is 10.1. The van der Waals surface area contributed by atoms with Gasteiger partial charge in [0.05, 0.1) is 11.1 Å².